The minimum atomic E-state index is -3.46. The van der Waals surface area contributed by atoms with Crippen molar-refractivity contribution in [1.29, 1.82) is 0 Å². The maximum absolute atomic E-state index is 11.8. The highest BCUT2D eigenvalue weighted by Gasteiger charge is 2.14. The monoisotopic (exact) mass is 487 g/mol. The van der Waals surface area contributed by atoms with Gasteiger partial charge in [0.1, 0.15) is 16.2 Å². The Hall–Kier alpha value is -3.04. The maximum Gasteiger partial charge on any atom is 0.195 e. The molecule has 0 bridgehead atoms. The Kier molecular flexibility index (Phi) is 12.8. The molecule has 9 heteroatoms. The molecule has 0 atom stereocenters. The SMILES string of the molecule is C=CC.C=NC(=C)S(=O)(=O)CCCOCCn1c(CCC)n/c(=C(N)/N=C2/C=CC=CC2)c1=C. The Bertz CT molecular complexity index is 1160. The fourth-order valence-corrected chi connectivity index (χ4v) is 3.97. The molecule has 2 rings (SSSR count). The highest BCUT2D eigenvalue weighted by Crippen LogP contribution is 2.07. The van der Waals surface area contributed by atoms with E-state index < -0.39 is 9.84 Å². The fourth-order valence-electron chi connectivity index (χ4n) is 3.04. The molecule has 0 fully saturated rings. The van der Waals surface area contributed by atoms with E-state index in [4.69, 9.17) is 10.5 Å². The van der Waals surface area contributed by atoms with Gasteiger partial charge < -0.3 is 15.0 Å². The molecule has 34 heavy (non-hydrogen) atoms. The van der Waals surface area contributed by atoms with Crippen molar-refractivity contribution < 1.29 is 13.2 Å². The number of hydrogen-bond donors (Lipinski definition) is 1. The van der Waals surface area contributed by atoms with Crippen LogP contribution in [0, 0.1) is 0 Å². The molecule has 1 aliphatic carbocycles. The van der Waals surface area contributed by atoms with Gasteiger partial charge in [-0.25, -0.2) is 18.4 Å². The Morgan fingerprint density at radius 1 is 1.35 bits per heavy atom. The van der Waals surface area contributed by atoms with E-state index in [1.165, 1.54) is 0 Å². The van der Waals surface area contributed by atoms with Crippen LogP contribution in [-0.4, -0.2) is 49.4 Å². The molecular weight excluding hydrogens is 450 g/mol. The third-order valence-corrected chi connectivity index (χ3v) is 6.36. The second kappa shape index (κ2) is 15.0. The maximum atomic E-state index is 11.8. The molecule has 186 valence electrons. The smallest absolute Gasteiger partial charge is 0.195 e. The van der Waals surface area contributed by atoms with E-state index in [1.807, 2.05) is 35.8 Å². The molecule has 2 N–H and O–H groups in total. The van der Waals surface area contributed by atoms with Crippen LogP contribution in [0.1, 0.15) is 38.9 Å². The highest BCUT2D eigenvalue weighted by molar-refractivity contribution is 7.95. The number of hydrogen-bond acceptors (Lipinski definition) is 7. The molecule has 0 radical (unpaired) electrons. The molecule has 8 nitrogen and oxygen atoms in total. The lowest BCUT2D eigenvalue weighted by atomic mass is 10.1. The second-order valence-electron chi connectivity index (χ2n) is 7.45. The molecule has 0 saturated heterocycles. The van der Waals surface area contributed by atoms with Gasteiger partial charge in [-0.3, -0.25) is 4.99 Å². The van der Waals surface area contributed by atoms with Crippen LogP contribution in [0.4, 0.5) is 0 Å². The molecule has 0 spiro atoms. The first-order valence-corrected chi connectivity index (χ1v) is 12.8. The zero-order valence-electron chi connectivity index (χ0n) is 20.4. The van der Waals surface area contributed by atoms with Crippen molar-refractivity contribution in [3.63, 3.8) is 0 Å². The van der Waals surface area contributed by atoms with E-state index in [0.29, 0.717) is 42.7 Å². The molecule has 0 amide bonds. The highest BCUT2D eigenvalue weighted by atomic mass is 32.2. The van der Waals surface area contributed by atoms with Crippen LogP contribution in [0.3, 0.4) is 0 Å². The lowest BCUT2D eigenvalue weighted by Gasteiger charge is -2.09. The summed E-state index contributed by atoms with van der Waals surface area (Å²) in [5.74, 6) is 1.15. The summed E-state index contributed by atoms with van der Waals surface area (Å²) in [5.41, 5.74) is 7.10. The zero-order valence-corrected chi connectivity index (χ0v) is 21.2. The second-order valence-corrected chi connectivity index (χ2v) is 9.56. The van der Waals surface area contributed by atoms with Gasteiger partial charge >= 0.3 is 0 Å². The molecule has 0 saturated carbocycles. The summed E-state index contributed by atoms with van der Waals surface area (Å²) in [4.78, 5) is 12.6. The Balaban J connectivity index is 0.00000182. The van der Waals surface area contributed by atoms with Crippen LogP contribution in [0.2, 0.25) is 0 Å². The molecule has 0 aliphatic heterocycles. The van der Waals surface area contributed by atoms with E-state index >= 15 is 0 Å². The molecular formula is C25H37N5O3S. The van der Waals surface area contributed by atoms with Crippen LogP contribution < -0.4 is 16.4 Å². The molecule has 1 heterocycles. The van der Waals surface area contributed by atoms with Gasteiger partial charge in [0.05, 0.1) is 17.7 Å². The molecule has 1 aliphatic rings. The zero-order chi connectivity index (χ0) is 25.6. The van der Waals surface area contributed by atoms with Crippen molar-refractivity contribution in [1.82, 2.24) is 9.55 Å². The largest absolute Gasteiger partial charge is 0.382 e. The topological polar surface area (TPSA) is 112 Å². The van der Waals surface area contributed by atoms with Crippen LogP contribution in [0.5, 0.6) is 0 Å². The number of sulfone groups is 1. The van der Waals surface area contributed by atoms with E-state index in [0.717, 1.165) is 30.8 Å². The number of nitrogens with zero attached hydrogens (tertiary/aromatic N) is 4. The summed E-state index contributed by atoms with van der Waals surface area (Å²) >= 11 is 0. The summed E-state index contributed by atoms with van der Waals surface area (Å²) < 4.78 is 31.3. The summed E-state index contributed by atoms with van der Waals surface area (Å²) in [6.07, 6.45) is 12.4. The first-order chi connectivity index (χ1) is 16.2. The molecule has 1 aromatic heterocycles. The van der Waals surface area contributed by atoms with E-state index in [2.05, 4.69) is 48.3 Å². The van der Waals surface area contributed by atoms with Gasteiger partial charge in [-0.1, -0.05) is 44.4 Å². The minimum Gasteiger partial charge on any atom is -0.382 e. The van der Waals surface area contributed by atoms with Gasteiger partial charge in [-0.15, -0.1) is 6.58 Å². The number of imidazole rings is 1. The van der Waals surface area contributed by atoms with Gasteiger partial charge in [-0.2, -0.15) is 0 Å². The average Bonchev–Trinajstić information content (AvgIpc) is 3.12. The lowest BCUT2D eigenvalue weighted by molar-refractivity contribution is 0.126. The number of aryl methyl sites for hydroxylation is 1. The third kappa shape index (κ3) is 9.07. The molecule has 0 aromatic carbocycles. The Labute approximate surface area is 203 Å². The van der Waals surface area contributed by atoms with Gasteiger partial charge in [0.15, 0.2) is 15.7 Å². The minimum absolute atomic E-state index is 0.0722. The third-order valence-electron chi connectivity index (χ3n) is 4.69. The number of nitrogens with two attached hydrogens (primary N) is 1. The summed E-state index contributed by atoms with van der Waals surface area (Å²) in [7, 11) is -3.46. The van der Waals surface area contributed by atoms with E-state index in [-0.39, 0.29) is 10.8 Å². The lowest BCUT2D eigenvalue weighted by Crippen LogP contribution is -2.33. The standard InChI is InChI=1S/C22H31N5O3S.C3H6/c1-5-10-20-26-21(22(23)25-19-11-7-6-8-12-19)17(2)27(20)13-15-30-14-9-16-31(28,29)18(3)24-4;1-3-2/h6-8,11H,2-5,9-10,12-16,23H2,1H3;3H,1H2,2H3/b22-21+,25-19-;. The molecule has 1 aromatic rings. The van der Waals surface area contributed by atoms with Crippen LogP contribution in [0.25, 0.3) is 12.4 Å². The van der Waals surface area contributed by atoms with Gasteiger partial charge in [0.2, 0.25) is 0 Å². The number of ether oxygens (including phenoxy) is 1. The first-order valence-electron chi connectivity index (χ1n) is 11.2. The first kappa shape index (κ1) is 29.0. The predicted molar refractivity (Wildman–Crippen MR) is 143 cm³/mol. The van der Waals surface area contributed by atoms with E-state index in [1.54, 1.807) is 6.08 Å². The number of aliphatic imine (C=N–C) groups is 2. The number of rotatable bonds is 12. The number of aromatic nitrogens is 2. The van der Waals surface area contributed by atoms with Crippen LogP contribution in [-0.2, 0) is 27.5 Å². The summed E-state index contributed by atoms with van der Waals surface area (Å²) in [6.45, 7) is 19.3. The van der Waals surface area contributed by atoms with Crippen molar-refractivity contribution in [2.45, 2.75) is 46.1 Å². The van der Waals surface area contributed by atoms with Crippen molar-refractivity contribution in [3.8, 4) is 0 Å². The van der Waals surface area contributed by atoms with Crippen molar-refractivity contribution in [2.75, 3.05) is 19.0 Å². The van der Waals surface area contributed by atoms with Gasteiger partial charge in [0.25, 0.3) is 0 Å². The summed E-state index contributed by atoms with van der Waals surface area (Å²) in [5, 5.41) is 1.07. The van der Waals surface area contributed by atoms with Gasteiger partial charge in [-0.05, 0) is 32.6 Å². The Morgan fingerprint density at radius 3 is 2.65 bits per heavy atom. The average molecular weight is 488 g/mol. The molecule has 0 unspecified atom stereocenters. The number of allylic oxidation sites excluding steroid dienone is 5. The predicted octanol–water partition coefficient (Wildman–Crippen LogP) is 2.41. The van der Waals surface area contributed by atoms with Gasteiger partial charge in [0, 0.05) is 31.7 Å². The quantitative estimate of drug-likeness (QED) is 0.276. The Morgan fingerprint density at radius 2 is 2.06 bits per heavy atom. The fraction of sp³-hybridized carbons (Fsp3) is 0.400. The van der Waals surface area contributed by atoms with Crippen molar-refractivity contribution in [2.24, 2.45) is 15.7 Å². The normalized spacial score (nSPS) is 14.9. The summed E-state index contributed by atoms with van der Waals surface area (Å²) in [6, 6.07) is 0. The van der Waals surface area contributed by atoms with E-state index in [9.17, 15) is 8.42 Å². The van der Waals surface area contributed by atoms with Crippen LogP contribution >= 0.6 is 0 Å². The van der Waals surface area contributed by atoms with Crippen molar-refractivity contribution in [3.05, 3.63) is 65.1 Å². The van der Waals surface area contributed by atoms with Crippen LogP contribution in [0.15, 0.2) is 58.6 Å². The van der Waals surface area contributed by atoms with Crippen molar-refractivity contribution >= 4 is 34.7 Å².